The average Bonchev–Trinajstić information content (AvgIpc) is 2.66. The summed E-state index contributed by atoms with van der Waals surface area (Å²) in [6.45, 7) is 4.60. The molecule has 1 atom stereocenters. The van der Waals surface area contributed by atoms with Crippen LogP contribution in [0.2, 0.25) is 0 Å². The minimum Gasteiger partial charge on any atom is -0.377 e. The number of rotatable bonds is 3. The lowest BCUT2D eigenvalue weighted by molar-refractivity contribution is 0.0523. The van der Waals surface area contributed by atoms with Crippen molar-refractivity contribution in [3.8, 4) is 0 Å². The van der Waals surface area contributed by atoms with E-state index in [9.17, 15) is 0 Å². The molecule has 1 aromatic heterocycles. The van der Waals surface area contributed by atoms with Crippen molar-refractivity contribution < 1.29 is 4.74 Å². The molecule has 0 amide bonds. The topological polar surface area (TPSA) is 80.1 Å². The Morgan fingerprint density at radius 2 is 2.53 bits per heavy atom. The Hall–Kier alpha value is -1.30. The molecular weight excluding hydrogens is 194 g/mol. The van der Waals surface area contributed by atoms with Crippen molar-refractivity contribution in [3.05, 3.63) is 0 Å². The maximum absolute atomic E-state index is 5.60. The zero-order valence-electron chi connectivity index (χ0n) is 8.94. The van der Waals surface area contributed by atoms with Crippen LogP contribution in [-0.2, 0) is 4.74 Å². The van der Waals surface area contributed by atoms with E-state index in [4.69, 9.17) is 10.5 Å². The number of nitrogens with two attached hydrogens (primary N) is 1. The molecule has 1 unspecified atom stereocenters. The highest BCUT2D eigenvalue weighted by molar-refractivity contribution is 5.34. The highest BCUT2D eigenvalue weighted by Gasteiger charge is 2.22. The average molecular weight is 211 g/mol. The van der Waals surface area contributed by atoms with E-state index in [0.29, 0.717) is 18.0 Å². The molecule has 6 heteroatoms. The lowest BCUT2D eigenvalue weighted by atomic mass is 10.1. The van der Waals surface area contributed by atoms with Gasteiger partial charge in [0.15, 0.2) is 0 Å². The molecule has 2 heterocycles. The minimum atomic E-state index is 0.295. The third-order valence-corrected chi connectivity index (χ3v) is 2.55. The molecule has 0 aromatic carbocycles. The van der Waals surface area contributed by atoms with Gasteiger partial charge in [-0.1, -0.05) is 0 Å². The molecule has 6 nitrogen and oxygen atoms in total. The second kappa shape index (κ2) is 4.48. The van der Waals surface area contributed by atoms with E-state index in [-0.39, 0.29) is 0 Å². The summed E-state index contributed by atoms with van der Waals surface area (Å²) in [5.74, 6) is 1.04. The van der Waals surface area contributed by atoms with Crippen LogP contribution < -0.4 is 10.6 Å². The summed E-state index contributed by atoms with van der Waals surface area (Å²) >= 11 is 0. The van der Waals surface area contributed by atoms with Gasteiger partial charge in [0.05, 0.1) is 6.10 Å². The number of ether oxygens (including phenoxy) is 1. The summed E-state index contributed by atoms with van der Waals surface area (Å²) in [6, 6.07) is 0. The minimum absolute atomic E-state index is 0.295. The van der Waals surface area contributed by atoms with Gasteiger partial charge >= 0.3 is 0 Å². The predicted molar refractivity (Wildman–Crippen MR) is 57.7 cm³/mol. The maximum atomic E-state index is 5.60. The van der Waals surface area contributed by atoms with Crippen LogP contribution >= 0.6 is 0 Å². The van der Waals surface area contributed by atoms with Crippen molar-refractivity contribution in [3.63, 3.8) is 0 Å². The first-order chi connectivity index (χ1) is 7.29. The Bertz CT molecular complexity index is 311. The van der Waals surface area contributed by atoms with Crippen molar-refractivity contribution in [1.82, 2.24) is 15.2 Å². The molecule has 0 radical (unpaired) electrons. The van der Waals surface area contributed by atoms with Gasteiger partial charge in [0, 0.05) is 19.7 Å². The predicted octanol–water partition coefficient (Wildman–Crippen LogP) is 0.392. The molecule has 0 saturated carbocycles. The maximum Gasteiger partial charge on any atom is 0.246 e. The summed E-state index contributed by atoms with van der Waals surface area (Å²) < 4.78 is 5.60. The number of piperidine rings is 1. The molecule has 0 spiro atoms. The van der Waals surface area contributed by atoms with Crippen LogP contribution in [0.1, 0.15) is 19.8 Å². The van der Waals surface area contributed by atoms with Gasteiger partial charge < -0.3 is 15.4 Å². The van der Waals surface area contributed by atoms with Crippen LogP contribution in [0.5, 0.6) is 0 Å². The van der Waals surface area contributed by atoms with Gasteiger partial charge in [-0.05, 0) is 19.8 Å². The van der Waals surface area contributed by atoms with Gasteiger partial charge in [-0.2, -0.15) is 4.98 Å². The van der Waals surface area contributed by atoms with Crippen LogP contribution in [-0.4, -0.2) is 41.0 Å². The fourth-order valence-electron chi connectivity index (χ4n) is 1.90. The van der Waals surface area contributed by atoms with Gasteiger partial charge in [0.1, 0.15) is 0 Å². The van der Waals surface area contributed by atoms with E-state index in [1.807, 2.05) is 6.92 Å². The van der Waals surface area contributed by atoms with Gasteiger partial charge in [0.2, 0.25) is 11.9 Å². The summed E-state index contributed by atoms with van der Waals surface area (Å²) in [6.07, 6.45) is 2.52. The standard InChI is InChI=1S/C9H17N5O/c1-2-15-7-4-3-5-14(6-7)9-11-8(10)12-13-9/h7H,2-6H2,1H3,(H3,10,11,12,13). The summed E-state index contributed by atoms with van der Waals surface area (Å²) in [4.78, 5) is 6.22. The number of aromatic amines is 1. The van der Waals surface area contributed by atoms with Gasteiger partial charge in [-0.3, -0.25) is 0 Å². The molecular formula is C9H17N5O. The number of anilines is 2. The van der Waals surface area contributed by atoms with Crippen LogP contribution in [0.4, 0.5) is 11.9 Å². The zero-order chi connectivity index (χ0) is 10.7. The lowest BCUT2D eigenvalue weighted by Gasteiger charge is -2.31. The van der Waals surface area contributed by atoms with Crippen LogP contribution in [0.25, 0.3) is 0 Å². The number of aromatic nitrogens is 3. The van der Waals surface area contributed by atoms with Gasteiger partial charge in [-0.25, -0.2) is 5.10 Å². The number of nitrogens with one attached hydrogen (secondary N) is 1. The Morgan fingerprint density at radius 3 is 3.20 bits per heavy atom. The highest BCUT2D eigenvalue weighted by atomic mass is 16.5. The van der Waals surface area contributed by atoms with Crippen molar-refractivity contribution >= 4 is 11.9 Å². The largest absolute Gasteiger partial charge is 0.377 e. The van der Waals surface area contributed by atoms with Gasteiger partial charge in [0.25, 0.3) is 0 Å². The quantitative estimate of drug-likeness (QED) is 0.756. The first kappa shape index (κ1) is 10.2. The van der Waals surface area contributed by atoms with E-state index >= 15 is 0 Å². The lowest BCUT2D eigenvalue weighted by Crippen LogP contribution is -2.40. The molecule has 84 valence electrons. The van der Waals surface area contributed by atoms with E-state index in [1.54, 1.807) is 0 Å². The van der Waals surface area contributed by atoms with Crippen molar-refractivity contribution in [2.45, 2.75) is 25.9 Å². The zero-order valence-corrected chi connectivity index (χ0v) is 8.94. The van der Waals surface area contributed by atoms with Crippen LogP contribution in [0, 0.1) is 0 Å². The number of H-pyrrole nitrogens is 1. The number of hydrogen-bond donors (Lipinski definition) is 2. The Morgan fingerprint density at radius 1 is 1.67 bits per heavy atom. The number of nitrogens with zero attached hydrogens (tertiary/aromatic N) is 3. The molecule has 0 bridgehead atoms. The molecule has 1 aliphatic heterocycles. The normalized spacial score (nSPS) is 21.9. The van der Waals surface area contributed by atoms with Crippen LogP contribution in [0.3, 0.4) is 0 Å². The second-order valence-electron chi connectivity index (χ2n) is 3.69. The fourth-order valence-corrected chi connectivity index (χ4v) is 1.90. The SMILES string of the molecule is CCOC1CCCN(c2n[nH]c(N)n2)C1. The first-order valence-corrected chi connectivity index (χ1v) is 5.34. The second-order valence-corrected chi connectivity index (χ2v) is 3.69. The number of nitrogen functional groups attached to an aromatic ring is 1. The van der Waals surface area contributed by atoms with Crippen LogP contribution in [0.15, 0.2) is 0 Å². The van der Waals surface area contributed by atoms with Crippen molar-refractivity contribution in [2.24, 2.45) is 0 Å². The fraction of sp³-hybridized carbons (Fsp3) is 0.778. The first-order valence-electron chi connectivity index (χ1n) is 5.34. The Balaban J connectivity index is 1.98. The molecule has 3 N–H and O–H groups in total. The molecule has 0 aliphatic carbocycles. The number of hydrogen-bond acceptors (Lipinski definition) is 5. The monoisotopic (exact) mass is 211 g/mol. The summed E-state index contributed by atoms with van der Waals surface area (Å²) in [7, 11) is 0. The third kappa shape index (κ3) is 2.38. The van der Waals surface area contributed by atoms with E-state index < -0.39 is 0 Å². The highest BCUT2D eigenvalue weighted by Crippen LogP contribution is 2.17. The molecule has 1 fully saturated rings. The molecule has 2 rings (SSSR count). The van der Waals surface area contributed by atoms with E-state index in [0.717, 1.165) is 32.5 Å². The van der Waals surface area contributed by atoms with E-state index in [1.165, 1.54) is 0 Å². The molecule has 1 aliphatic rings. The van der Waals surface area contributed by atoms with Gasteiger partial charge in [-0.15, -0.1) is 5.10 Å². The summed E-state index contributed by atoms with van der Waals surface area (Å²) in [5.41, 5.74) is 5.49. The molecule has 1 aromatic rings. The van der Waals surface area contributed by atoms with Crippen molar-refractivity contribution in [2.75, 3.05) is 30.3 Å². The molecule has 15 heavy (non-hydrogen) atoms. The van der Waals surface area contributed by atoms with E-state index in [2.05, 4.69) is 20.1 Å². The molecule has 1 saturated heterocycles. The third-order valence-electron chi connectivity index (χ3n) is 2.55. The smallest absolute Gasteiger partial charge is 0.246 e. The summed E-state index contributed by atoms with van der Waals surface area (Å²) in [5, 5.41) is 6.69. The van der Waals surface area contributed by atoms with Crippen molar-refractivity contribution in [1.29, 1.82) is 0 Å². The Labute approximate surface area is 88.8 Å². The Kier molecular flexibility index (Phi) is 3.05.